The van der Waals surface area contributed by atoms with E-state index >= 15 is 0 Å². The summed E-state index contributed by atoms with van der Waals surface area (Å²) in [7, 11) is 0. The molecule has 0 aromatic carbocycles. The highest BCUT2D eigenvalue weighted by Gasteiger charge is 1.86. The second kappa shape index (κ2) is 5.42. The minimum absolute atomic E-state index is 0.909. The minimum atomic E-state index is 0.909. The topological polar surface area (TPSA) is 26.0 Å². The van der Waals surface area contributed by atoms with E-state index in [2.05, 4.69) is 6.08 Å². The fourth-order valence-corrected chi connectivity index (χ4v) is 0.634. The Bertz CT molecular complexity index is 112. The van der Waals surface area contributed by atoms with Crippen LogP contribution < -0.4 is 5.73 Å². The number of rotatable bonds is 0. The van der Waals surface area contributed by atoms with Gasteiger partial charge in [0.15, 0.2) is 0 Å². The molecule has 1 aliphatic carbocycles. The van der Waals surface area contributed by atoms with Crippen molar-refractivity contribution in [2.45, 2.75) is 26.7 Å². The Labute approximate surface area is 57.3 Å². The molecule has 0 radical (unpaired) electrons. The van der Waals surface area contributed by atoms with Crippen molar-refractivity contribution in [3.8, 4) is 0 Å². The molecule has 0 spiro atoms. The van der Waals surface area contributed by atoms with Crippen molar-refractivity contribution >= 4 is 0 Å². The maximum absolute atomic E-state index is 5.41. The molecule has 0 unspecified atom stereocenters. The Morgan fingerprint density at radius 1 is 1.33 bits per heavy atom. The zero-order valence-corrected chi connectivity index (χ0v) is 6.22. The molecule has 1 aliphatic rings. The molecular formula is C8H15N. The fourth-order valence-electron chi connectivity index (χ4n) is 0.634. The first-order valence-electron chi connectivity index (χ1n) is 3.52. The number of nitrogens with two attached hydrogens (primary N) is 1. The SMILES string of the molecule is CC.NC1=CCCC=C1. The molecule has 0 heterocycles. The average Bonchev–Trinajstić information content (AvgIpc) is 1.94. The first-order valence-corrected chi connectivity index (χ1v) is 3.52. The molecule has 1 nitrogen and oxygen atoms in total. The number of allylic oxidation sites excluding steroid dienone is 3. The smallest absolute Gasteiger partial charge is 0.0270 e. The van der Waals surface area contributed by atoms with Gasteiger partial charge in [-0.15, -0.1) is 0 Å². The first kappa shape index (κ1) is 8.28. The molecule has 0 aromatic heterocycles. The summed E-state index contributed by atoms with van der Waals surface area (Å²) in [6.45, 7) is 4.00. The highest BCUT2D eigenvalue weighted by atomic mass is 14.6. The van der Waals surface area contributed by atoms with Gasteiger partial charge in [-0.3, -0.25) is 0 Å². The van der Waals surface area contributed by atoms with Crippen LogP contribution in [-0.2, 0) is 0 Å². The zero-order valence-electron chi connectivity index (χ0n) is 6.22. The summed E-state index contributed by atoms with van der Waals surface area (Å²) in [5.41, 5.74) is 6.32. The average molecular weight is 125 g/mol. The summed E-state index contributed by atoms with van der Waals surface area (Å²) in [5, 5.41) is 0. The lowest BCUT2D eigenvalue weighted by Gasteiger charge is -1.97. The molecule has 0 saturated heterocycles. The van der Waals surface area contributed by atoms with Crippen molar-refractivity contribution in [1.82, 2.24) is 0 Å². The van der Waals surface area contributed by atoms with E-state index in [0.29, 0.717) is 0 Å². The summed E-state index contributed by atoms with van der Waals surface area (Å²) < 4.78 is 0. The van der Waals surface area contributed by atoms with Crippen LogP contribution in [0.2, 0.25) is 0 Å². The van der Waals surface area contributed by atoms with Gasteiger partial charge in [-0.1, -0.05) is 26.0 Å². The first-order chi connectivity index (χ1) is 4.39. The maximum atomic E-state index is 5.41. The Balaban J connectivity index is 0.000000291. The lowest BCUT2D eigenvalue weighted by Crippen LogP contribution is -1.94. The van der Waals surface area contributed by atoms with Gasteiger partial charge in [-0.2, -0.15) is 0 Å². The zero-order chi connectivity index (χ0) is 7.11. The van der Waals surface area contributed by atoms with Crippen LogP contribution in [-0.4, -0.2) is 0 Å². The molecule has 1 rings (SSSR count). The van der Waals surface area contributed by atoms with Crippen LogP contribution in [0.15, 0.2) is 23.9 Å². The lowest BCUT2D eigenvalue weighted by atomic mass is 10.2. The standard InChI is InChI=1S/C6H9N.C2H6/c7-6-4-2-1-3-5-6;1-2/h2,4-5H,1,3,7H2;1-2H3. The normalized spacial score (nSPS) is 15.6. The molecule has 0 aromatic rings. The van der Waals surface area contributed by atoms with Crippen molar-refractivity contribution in [2.24, 2.45) is 5.73 Å². The van der Waals surface area contributed by atoms with Gasteiger partial charge in [0.25, 0.3) is 0 Å². The fraction of sp³-hybridized carbons (Fsp3) is 0.500. The van der Waals surface area contributed by atoms with Crippen molar-refractivity contribution < 1.29 is 0 Å². The predicted molar refractivity (Wildman–Crippen MR) is 42.0 cm³/mol. The molecule has 0 atom stereocenters. The van der Waals surface area contributed by atoms with Crippen LogP contribution in [0.4, 0.5) is 0 Å². The third-order valence-corrected chi connectivity index (χ3v) is 1.02. The molecule has 9 heavy (non-hydrogen) atoms. The summed E-state index contributed by atoms with van der Waals surface area (Å²) in [6, 6.07) is 0. The van der Waals surface area contributed by atoms with Gasteiger partial charge in [0.05, 0.1) is 0 Å². The van der Waals surface area contributed by atoms with Gasteiger partial charge in [0.2, 0.25) is 0 Å². The van der Waals surface area contributed by atoms with Gasteiger partial charge >= 0.3 is 0 Å². The van der Waals surface area contributed by atoms with Crippen LogP contribution in [0.3, 0.4) is 0 Å². The summed E-state index contributed by atoms with van der Waals surface area (Å²) in [4.78, 5) is 0. The van der Waals surface area contributed by atoms with Crippen LogP contribution >= 0.6 is 0 Å². The number of hydrogen-bond donors (Lipinski definition) is 1. The summed E-state index contributed by atoms with van der Waals surface area (Å²) >= 11 is 0. The van der Waals surface area contributed by atoms with Crippen LogP contribution in [0.25, 0.3) is 0 Å². The molecular weight excluding hydrogens is 110 g/mol. The highest BCUT2D eigenvalue weighted by molar-refractivity contribution is 5.17. The van der Waals surface area contributed by atoms with Gasteiger partial charge in [0, 0.05) is 5.70 Å². The molecule has 2 N–H and O–H groups in total. The minimum Gasteiger partial charge on any atom is -0.399 e. The van der Waals surface area contributed by atoms with Gasteiger partial charge < -0.3 is 5.73 Å². The van der Waals surface area contributed by atoms with Crippen molar-refractivity contribution in [1.29, 1.82) is 0 Å². The van der Waals surface area contributed by atoms with E-state index in [4.69, 9.17) is 5.73 Å². The molecule has 52 valence electrons. The largest absolute Gasteiger partial charge is 0.399 e. The third kappa shape index (κ3) is 3.83. The van der Waals surface area contributed by atoms with E-state index in [-0.39, 0.29) is 0 Å². The third-order valence-electron chi connectivity index (χ3n) is 1.02. The molecule has 0 saturated carbocycles. The van der Waals surface area contributed by atoms with Crippen LogP contribution in [0.5, 0.6) is 0 Å². The van der Waals surface area contributed by atoms with E-state index < -0.39 is 0 Å². The van der Waals surface area contributed by atoms with Gasteiger partial charge in [0.1, 0.15) is 0 Å². The lowest BCUT2D eigenvalue weighted by molar-refractivity contribution is 1.01. The van der Waals surface area contributed by atoms with Crippen LogP contribution in [0.1, 0.15) is 26.7 Å². The van der Waals surface area contributed by atoms with Crippen molar-refractivity contribution in [3.05, 3.63) is 23.9 Å². The number of hydrogen-bond acceptors (Lipinski definition) is 1. The van der Waals surface area contributed by atoms with E-state index in [1.807, 2.05) is 26.0 Å². The summed E-state index contributed by atoms with van der Waals surface area (Å²) in [5.74, 6) is 0. The molecule has 0 aliphatic heterocycles. The van der Waals surface area contributed by atoms with E-state index in [0.717, 1.165) is 18.5 Å². The second-order valence-electron chi connectivity index (χ2n) is 1.68. The highest BCUT2D eigenvalue weighted by Crippen LogP contribution is 2.02. The summed E-state index contributed by atoms with van der Waals surface area (Å²) in [6.07, 6.45) is 8.35. The Kier molecular flexibility index (Phi) is 4.98. The van der Waals surface area contributed by atoms with Crippen molar-refractivity contribution in [2.75, 3.05) is 0 Å². The maximum Gasteiger partial charge on any atom is 0.0270 e. The monoisotopic (exact) mass is 125 g/mol. The second-order valence-corrected chi connectivity index (χ2v) is 1.68. The van der Waals surface area contributed by atoms with E-state index in [1.165, 1.54) is 0 Å². The van der Waals surface area contributed by atoms with Crippen LogP contribution in [0, 0.1) is 0 Å². The molecule has 0 amide bonds. The van der Waals surface area contributed by atoms with Crippen molar-refractivity contribution in [3.63, 3.8) is 0 Å². The Hall–Kier alpha value is -0.720. The van der Waals surface area contributed by atoms with Gasteiger partial charge in [-0.25, -0.2) is 0 Å². The quantitative estimate of drug-likeness (QED) is 0.527. The Morgan fingerprint density at radius 2 is 2.00 bits per heavy atom. The van der Waals surface area contributed by atoms with E-state index in [1.54, 1.807) is 0 Å². The van der Waals surface area contributed by atoms with E-state index in [9.17, 15) is 0 Å². The predicted octanol–water partition coefficient (Wildman–Crippen LogP) is 2.21. The Morgan fingerprint density at radius 3 is 2.22 bits per heavy atom. The van der Waals surface area contributed by atoms with Gasteiger partial charge in [-0.05, 0) is 18.9 Å². The molecule has 0 fully saturated rings. The molecule has 1 heteroatoms. The molecule has 0 bridgehead atoms.